The van der Waals surface area contributed by atoms with Crippen molar-refractivity contribution >= 4 is 32.4 Å². The molecular formula is C18H21FN4O4S. The van der Waals surface area contributed by atoms with E-state index in [1.807, 2.05) is 0 Å². The van der Waals surface area contributed by atoms with Crippen LogP contribution in [0.15, 0.2) is 40.0 Å². The number of ether oxygens (including phenoxy) is 1. The predicted octanol–water partition coefficient (Wildman–Crippen LogP) is 1.89. The number of nitrogens with one attached hydrogen (secondary N) is 1. The minimum absolute atomic E-state index is 0.0218. The number of hydrogen-bond donors (Lipinski definition) is 1. The molecule has 0 amide bonds. The first-order chi connectivity index (χ1) is 13.1. The number of nitrogens with zero attached hydrogens (tertiary/aromatic N) is 3. The Kier molecular flexibility index (Phi) is 4.84. The SMILES string of the molecule is COc1ccc(F)cc1S(=O)(=O)Nc1cc2c(cc1N(C)C)n(C)c(=O)n2C. The number of sulfonamides is 1. The number of imidazole rings is 1. The van der Waals surface area contributed by atoms with E-state index in [4.69, 9.17) is 4.74 Å². The second kappa shape index (κ2) is 6.86. The molecule has 2 aromatic carbocycles. The zero-order valence-electron chi connectivity index (χ0n) is 16.1. The Morgan fingerprint density at radius 2 is 1.68 bits per heavy atom. The number of benzene rings is 2. The lowest BCUT2D eigenvalue weighted by Gasteiger charge is -2.20. The zero-order chi connectivity index (χ0) is 20.8. The van der Waals surface area contributed by atoms with Gasteiger partial charge in [-0.3, -0.25) is 13.9 Å². The summed E-state index contributed by atoms with van der Waals surface area (Å²) in [6, 6.07) is 6.57. The molecule has 1 aromatic heterocycles. The van der Waals surface area contributed by atoms with Crippen LogP contribution in [0, 0.1) is 5.82 Å². The van der Waals surface area contributed by atoms with E-state index in [1.165, 1.54) is 22.3 Å². The number of aryl methyl sites for hydroxylation is 2. The zero-order valence-corrected chi connectivity index (χ0v) is 17.0. The van der Waals surface area contributed by atoms with Crippen LogP contribution in [-0.2, 0) is 24.1 Å². The van der Waals surface area contributed by atoms with Crippen LogP contribution in [0.2, 0.25) is 0 Å². The molecule has 0 aliphatic rings. The Bertz CT molecular complexity index is 1230. The highest BCUT2D eigenvalue weighted by Crippen LogP contribution is 2.33. The van der Waals surface area contributed by atoms with Gasteiger partial charge in [-0.1, -0.05) is 0 Å². The molecule has 0 atom stereocenters. The van der Waals surface area contributed by atoms with Crippen LogP contribution in [0.25, 0.3) is 11.0 Å². The molecule has 0 aliphatic heterocycles. The summed E-state index contributed by atoms with van der Waals surface area (Å²) in [5.74, 6) is -0.677. The van der Waals surface area contributed by atoms with Crippen molar-refractivity contribution < 1.29 is 17.5 Å². The van der Waals surface area contributed by atoms with Crippen molar-refractivity contribution in [3.63, 3.8) is 0 Å². The molecule has 0 spiro atoms. The number of methoxy groups -OCH3 is 1. The molecular weight excluding hydrogens is 387 g/mol. The number of halogens is 1. The average molecular weight is 408 g/mol. The fraction of sp³-hybridized carbons (Fsp3) is 0.278. The summed E-state index contributed by atoms with van der Waals surface area (Å²) in [5, 5.41) is 0. The van der Waals surface area contributed by atoms with E-state index in [9.17, 15) is 17.6 Å². The average Bonchev–Trinajstić information content (AvgIpc) is 2.84. The molecule has 0 aliphatic carbocycles. The molecule has 3 aromatic rings. The quantitative estimate of drug-likeness (QED) is 0.697. The van der Waals surface area contributed by atoms with Crippen LogP contribution < -0.4 is 20.0 Å². The summed E-state index contributed by atoms with van der Waals surface area (Å²) < 4.78 is 50.0. The first kappa shape index (κ1) is 19.7. The highest BCUT2D eigenvalue weighted by molar-refractivity contribution is 7.92. The molecule has 0 radical (unpaired) electrons. The molecule has 1 N–H and O–H groups in total. The van der Waals surface area contributed by atoms with Gasteiger partial charge in [0.05, 0.1) is 29.5 Å². The number of aromatic nitrogens is 2. The van der Waals surface area contributed by atoms with Gasteiger partial charge in [0.25, 0.3) is 10.0 Å². The molecule has 10 heteroatoms. The summed E-state index contributed by atoms with van der Waals surface area (Å²) >= 11 is 0. The molecule has 8 nitrogen and oxygen atoms in total. The van der Waals surface area contributed by atoms with E-state index in [0.29, 0.717) is 16.7 Å². The van der Waals surface area contributed by atoms with E-state index in [2.05, 4.69) is 4.72 Å². The van der Waals surface area contributed by atoms with Crippen LogP contribution in [0.4, 0.5) is 15.8 Å². The first-order valence-electron chi connectivity index (χ1n) is 8.30. The summed E-state index contributed by atoms with van der Waals surface area (Å²) in [7, 11) is 3.91. The Labute approximate surface area is 161 Å². The Hall–Kier alpha value is -3.01. The Morgan fingerprint density at radius 3 is 2.25 bits per heavy atom. The smallest absolute Gasteiger partial charge is 0.328 e. The fourth-order valence-electron chi connectivity index (χ4n) is 3.05. The monoisotopic (exact) mass is 408 g/mol. The number of anilines is 2. The minimum atomic E-state index is -4.16. The maximum absolute atomic E-state index is 13.7. The van der Waals surface area contributed by atoms with Crippen LogP contribution >= 0.6 is 0 Å². The van der Waals surface area contributed by atoms with Crippen molar-refractivity contribution in [2.24, 2.45) is 14.1 Å². The van der Waals surface area contributed by atoms with Crippen LogP contribution in [0.5, 0.6) is 5.75 Å². The number of fused-ring (bicyclic) bond motifs is 1. The fourth-order valence-corrected chi connectivity index (χ4v) is 4.29. The van der Waals surface area contributed by atoms with Gasteiger partial charge >= 0.3 is 5.69 Å². The number of rotatable bonds is 5. The lowest BCUT2D eigenvalue weighted by Crippen LogP contribution is -2.19. The van der Waals surface area contributed by atoms with Crippen LogP contribution in [0.3, 0.4) is 0 Å². The lowest BCUT2D eigenvalue weighted by atomic mass is 10.2. The van der Waals surface area contributed by atoms with Crippen LogP contribution in [0.1, 0.15) is 0 Å². The van der Waals surface area contributed by atoms with Crippen molar-refractivity contribution in [1.82, 2.24) is 9.13 Å². The third kappa shape index (κ3) is 3.19. The lowest BCUT2D eigenvalue weighted by molar-refractivity contribution is 0.401. The van der Waals surface area contributed by atoms with Gasteiger partial charge in [-0.25, -0.2) is 17.6 Å². The van der Waals surface area contributed by atoms with Gasteiger partial charge in [0.1, 0.15) is 16.5 Å². The van der Waals surface area contributed by atoms with Crippen molar-refractivity contribution in [3.8, 4) is 5.75 Å². The van der Waals surface area contributed by atoms with E-state index in [1.54, 1.807) is 45.2 Å². The third-order valence-electron chi connectivity index (χ3n) is 4.53. The Balaban J connectivity index is 2.21. The summed E-state index contributed by atoms with van der Waals surface area (Å²) in [6.45, 7) is 0. The summed E-state index contributed by atoms with van der Waals surface area (Å²) in [5.41, 5.74) is 1.79. The summed E-state index contributed by atoms with van der Waals surface area (Å²) in [6.07, 6.45) is 0. The van der Waals surface area contributed by atoms with Crippen molar-refractivity contribution in [1.29, 1.82) is 0 Å². The predicted molar refractivity (Wildman–Crippen MR) is 106 cm³/mol. The topological polar surface area (TPSA) is 85.6 Å². The molecule has 0 bridgehead atoms. The van der Waals surface area contributed by atoms with E-state index < -0.39 is 15.8 Å². The van der Waals surface area contributed by atoms with Gasteiger partial charge in [-0.05, 0) is 30.3 Å². The Morgan fingerprint density at radius 1 is 1.07 bits per heavy atom. The van der Waals surface area contributed by atoms with Gasteiger partial charge in [0.15, 0.2) is 0 Å². The molecule has 3 rings (SSSR count). The van der Waals surface area contributed by atoms with Gasteiger partial charge in [-0.2, -0.15) is 0 Å². The molecule has 150 valence electrons. The van der Waals surface area contributed by atoms with E-state index in [-0.39, 0.29) is 22.0 Å². The second-order valence-electron chi connectivity index (χ2n) is 6.55. The minimum Gasteiger partial charge on any atom is -0.495 e. The molecule has 0 unspecified atom stereocenters. The van der Waals surface area contributed by atoms with Crippen molar-refractivity contribution in [2.75, 3.05) is 30.8 Å². The maximum atomic E-state index is 13.7. The van der Waals surface area contributed by atoms with Crippen molar-refractivity contribution in [3.05, 3.63) is 46.6 Å². The molecule has 0 saturated carbocycles. The van der Waals surface area contributed by atoms with Gasteiger partial charge in [0, 0.05) is 28.2 Å². The molecule has 1 heterocycles. The largest absolute Gasteiger partial charge is 0.495 e. The van der Waals surface area contributed by atoms with Crippen molar-refractivity contribution in [2.45, 2.75) is 4.90 Å². The molecule has 28 heavy (non-hydrogen) atoms. The standard InChI is InChI=1S/C18H21FN4O4S/c1-21(2)13-10-15-14(22(3)18(24)23(15)4)9-12(13)20-28(25,26)17-8-11(19)6-7-16(17)27-5/h6-10,20H,1-5H3. The first-order valence-corrected chi connectivity index (χ1v) is 9.78. The highest BCUT2D eigenvalue weighted by Gasteiger charge is 2.23. The van der Waals surface area contributed by atoms with Gasteiger partial charge < -0.3 is 9.64 Å². The second-order valence-corrected chi connectivity index (χ2v) is 8.20. The normalized spacial score (nSPS) is 11.6. The number of hydrogen-bond acceptors (Lipinski definition) is 5. The third-order valence-corrected chi connectivity index (χ3v) is 5.92. The van der Waals surface area contributed by atoms with Crippen LogP contribution in [-0.4, -0.2) is 38.8 Å². The van der Waals surface area contributed by atoms with E-state index >= 15 is 0 Å². The van der Waals surface area contributed by atoms with E-state index in [0.717, 1.165) is 12.1 Å². The molecule has 0 fully saturated rings. The van der Waals surface area contributed by atoms with Gasteiger partial charge in [-0.15, -0.1) is 0 Å². The highest BCUT2D eigenvalue weighted by atomic mass is 32.2. The summed E-state index contributed by atoms with van der Waals surface area (Å²) in [4.78, 5) is 13.6. The maximum Gasteiger partial charge on any atom is 0.328 e. The van der Waals surface area contributed by atoms with Gasteiger partial charge in [0.2, 0.25) is 0 Å². The molecule has 0 saturated heterocycles.